The minimum Gasteiger partial charge on any atom is -0.490 e. The number of anilines is 1. The zero-order valence-corrected chi connectivity index (χ0v) is 14.6. The molecule has 7 heteroatoms. The Balaban J connectivity index is 1.94. The first-order valence-corrected chi connectivity index (χ1v) is 8.15. The van der Waals surface area contributed by atoms with Crippen molar-refractivity contribution in [3.63, 3.8) is 0 Å². The van der Waals surface area contributed by atoms with Crippen LogP contribution in [0.2, 0.25) is 0 Å². The number of hydrogen-bond donors (Lipinski definition) is 1. The van der Waals surface area contributed by atoms with Crippen molar-refractivity contribution in [3.05, 3.63) is 53.8 Å². The second-order valence-electron chi connectivity index (χ2n) is 5.16. The lowest BCUT2D eigenvalue weighted by atomic mass is 10.2. The van der Waals surface area contributed by atoms with Crippen molar-refractivity contribution in [2.75, 3.05) is 25.1 Å². The fourth-order valence-corrected chi connectivity index (χ4v) is 2.16. The van der Waals surface area contributed by atoms with Crippen molar-refractivity contribution in [3.8, 4) is 11.5 Å². The van der Waals surface area contributed by atoms with Crippen molar-refractivity contribution in [2.24, 2.45) is 0 Å². The van der Waals surface area contributed by atoms with Crippen LogP contribution in [0, 0.1) is 5.82 Å². The molecule has 0 saturated heterocycles. The molecule has 1 amide bonds. The van der Waals surface area contributed by atoms with Gasteiger partial charge in [0.05, 0.1) is 18.8 Å². The minimum atomic E-state index is -0.777. The SMILES string of the molecule is CCOc1ccc(NC(=O)COC(=O)c2cccc(F)c2)cc1OCC. The van der Waals surface area contributed by atoms with Crippen molar-refractivity contribution in [1.82, 2.24) is 0 Å². The summed E-state index contributed by atoms with van der Waals surface area (Å²) in [4.78, 5) is 23.8. The average Bonchev–Trinajstić information content (AvgIpc) is 2.62. The number of rotatable bonds is 8. The topological polar surface area (TPSA) is 73.9 Å². The Kier molecular flexibility index (Phi) is 6.96. The Hall–Kier alpha value is -3.09. The third-order valence-electron chi connectivity index (χ3n) is 3.22. The maximum atomic E-state index is 13.1. The van der Waals surface area contributed by atoms with Crippen LogP contribution in [0.5, 0.6) is 11.5 Å². The second kappa shape index (κ2) is 9.41. The van der Waals surface area contributed by atoms with E-state index in [4.69, 9.17) is 14.2 Å². The van der Waals surface area contributed by atoms with Gasteiger partial charge in [-0.2, -0.15) is 0 Å². The number of carbonyl (C=O) groups is 2. The Labute approximate surface area is 150 Å². The van der Waals surface area contributed by atoms with Gasteiger partial charge in [-0.1, -0.05) is 6.07 Å². The third kappa shape index (κ3) is 5.47. The number of halogens is 1. The molecule has 0 aliphatic rings. The van der Waals surface area contributed by atoms with Crippen LogP contribution in [0.25, 0.3) is 0 Å². The zero-order chi connectivity index (χ0) is 18.9. The average molecular weight is 361 g/mol. The van der Waals surface area contributed by atoms with Gasteiger partial charge in [-0.3, -0.25) is 4.79 Å². The highest BCUT2D eigenvalue weighted by Crippen LogP contribution is 2.30. The molecule has 6 nitrogen and oxygen atoms in total. The monoisotopic (exact) mass is 361 g/mol. The summed E-state index contributed by atoms with van der Waals surface area (Å²) >= 11 is 0. The van der Waals surface area contributed by atoms with Crippen molar-refractivity contribution < 1.29 is 28.2 Å². The molecule has 138 valence electrons. The van der Waals surface area contributed by atoms with Gasteiger partial charge in [0.25, 0.3) is 5.91 Å². The van der Waals surface area contributed by atoms with E-state index in [1.54, 1.807) is 18.2 Å². The number of benzene rings is 2. The van der Waals surface area contributed by atoms with E-state index in [1.165, 1.54) is 18.2 Å². The normalized spacial score (nSPS) is 10.1. The minimum absolute atomic E-state index is 0.0394. The molecule has 0 unspecified atom stereocenters. The molecule has 0 spiro atoms. The van der Waals surface area contributed by atoms with E-state index >= 15 is 0 Å². The standard InChI is InChI=1S/C19H20FNO5/c1-3-24-16-9-8-15(11-17(16)25-4-2)21-18(22)12-26-19(23)13-6-5-7-14(20)10-13/h5-11H,3-4,12H2,1-2H3,(H,21,22). The highest BCUT2D eigenvalue weighted by atomic mass is 19.1. The molecule has 26 heavy (non-hydrogen) atoms. The summed E-state index contributed by atoms with van der Waals surface area (Å²) in [6.45, 7) is 4.14. The van der Waals surface area contributed by atoms with Crippen molar-refractivity contribution in [1.29, 1.82) is 0 Å². The first kappa shape index (κ1) is 19.2. The van der Waals surface area contributed by atoms with Gasteiger partial charge in [0, 0.05) is 11.8 Å². The quantitative estimate of drug-likeness (QED) is 0.730. The summed E-state index contributed by atoms with van der Waals surface area (Å²) in [6.07, 6.45) is 0. The van der Waals surface area contributed by atoms with Crippen LogP contribution in [-0.2, 0) is 9.53 Å². The smallest absolute Gasteiger partial charge is 0.338 e. The van der Waals surface area contributed by atoms with Crippen LogP contribution in [0.3, 0.4) is 0 Å². The molecular weight excluding hydrogens is 341 g/mol. The van der Waals surface area contributed by atoms with Crippen LogP contribution < -0.4 is 14.8 Å². The molecule has 0 aliphatic heterocycles. The summed E-state index contributed by atoms with van der Waals surface area (Å²) < 4.78 is 28.9. The van der Waals surface area contributed by atoms with Crippen LogP contribution in [0.1, 0.15) is 24.2 Å². The highest BCUT2D eigenvalue weighted by molar-refractivity contribution is 5.95. The third-order valence-corrected chi connectivity index (χ3v) is 3.22. The summed E-state index contributed by atoms with van der Waals surface area (Å²) in [5, 5.41) is 2.60. The number of hydrogen-bond acceptors (Lipinski definition) is 5. The van der Waals surface area contributed by atoms with Gasteiger partial charge in [-0.15, -0.1) is 0 Å². The fraction of sp³-hybridized carbons (Fsp3) is 0.263. The number of nitrogens with one attached hydrogen (secondary N) is 1. The highest BCUT2D eigenvalue weighted by Gasteiger charge is 2.12. The van der Waals surface area contributed by atoms with Crippen molar-refractivity contribution in [2.45, 2.75) is 13.8 Å². The second-order valence-corrected chi connectivity index (χ2v) is 5.16. The lowest BCUT2D eigenvalue weighted by Crippen LogP contribution is -2.21. The Morgan fingerprint density at radius 1 is 1.00 bits per heavy atom. The van der Waals surface area contributed by atoms with Crippen LogP contribution >= 0.6 is 0 Å². The van der Waals surface area contributed by atoms with E-state index in [-0.39, 0.29) is 5.56 Å². The van der Waals surface area contributed by atoms with E-state index in [9.17, 15) is 14.0 Å². The van der Waals surface area contributed by atoms with Gasteiger partial charge in [-0.05, 0) is 44.2 Å². The molecular formula is C19H20FNO5. The first-order valence-electron chi connectivity index (χ1n) is 8.15. The molecule has 0 atom stereocenters. The Bertz CT molecular complexity index is 778. The van der Waals surface area contributed by atoms with Crippen LogP contribution in [0.15, 0.2) is 42.5 Å². The molecule has 0 aliphatic carbocycles. The van der Waals surface area contributed by atoms with Crippen molar-refractivity contribution >= 4 is 17.6 Å². The van der Waals surface area contributed by atoms with Crippen LogP contribution in [0.4, 0.5) is 10.1 Å². The Morgan fingerprint density at radius 3 is 2.42 bits per heavy atom. The molecule has 0 aromatic heterocycles. The first-order chi connectivity index (χ1) is 12.5. The van der Waals surface area contributed by atoms with Crippen LogP contribution in [-0.4, -0.2) is 31.7 Å². The predicted octanol–water partition coefficient (Wildman–Crippen LogP) is 3.42. The summed E-state index contributed by atoms with van der Waals surface area (Å²) in [7, 11) is 0. The van der Waals surface area contributed by atoms with E-state index in [0.29, 0.717) is 30.4 Å². The molecule has 2 aromatic rings. The van der Waals surface area contributed by atoms with Gasteiger partial charge >= 0.3 is 5.97 Å². The number of carbonyl (C=O) groups excluding carboxylic acids is 2. The molecule has 0 bridgehead atoms. The van der Waals surface area contributed by atoms with Gasteiger partial charge < -0.3 is 19.5 Å². The van der Waals surface area contributed by atoms with Gasteiger partial charge in [-0.25, -0.2) is 9.18 Å². The number of esters is 1. The lowest BCUT2D eigenvalue weighted by Gasteiger charge is -2.13. The number of ether oxygens (including phenoxy) is 3. The maximum absolute atomic E-state index is 13.1. The maximum Gasteiger partial charge on any atom is 0.338 e. The van der Waals surface area contributed by atoms with Gasteiger partial charge in [0.15, 0.2) is 18.1 Å². The molecule has 0 saturated carbocycles. The van der Waals surface area contributed by atoms with E-state index in [0.717, 1.165) is 6.07 Å². The predicted molar refractivity (Wildman–Crippen MR) is 94.1 cm³/mol. The largest absolute Gasteiger partial charge is 0.490 e. The van der Waals surface area contributed by atoms with Gasteiger partial charge in [0.2, 0.25) is 0 Å². The van der Waals surface area contributed by atoms with Gasteiger partial charge in [0.1, 0.15) is 5.82 Å². The van der Waals surface area contributed by atoms with E-state index < -0.39 is 24.3 Å². The summed E-state index contributed by atoms with van der Waals surface area (Å²) in [5.41, 5.74) is 0.515. The summed E-state index contributed by atoms with van der Waals surface area (Å²) in [6, 6.07) is 10.0. The molecule has 2 rings (SSSR count). The Morgan fingerprint density at radius 2 is 1.73 bits per heavy atom. The molecule has 0 fully saturated rings. The molecule has 2 aromatic carbocycles. The van der Waals surface area contributed by atoms with E-state index in [2.05, 4.69) is 5.32 Å². The fourth-order valence-electron chi connectivity index (χ4n) is 2.16. The molecule has 0 heterocycles. The molecule has 1 N–H and O–H groups in total. The zero-order valence-electron chi connectivity index (χ0n) is 14.6. The number of amides is 1. The molecule has 0 radical (unpaired) electrons. The summed E-state index contributed by atoms with van der Waals surface area (Å²) in [5.74, 6) is -0.779. The van der Waals surface area contributed by atoms with E-state index in [1.807, 2.05) is 13.8 Å². The lowest BCUT2D eigenvalue weighted by molar-refractivity contribution is -0.119.